The van der Waals surface area contributed by atoms with Crippen LogP contribution in [0.2, 0.25) is 0 Å². The van der Waals surface area contributed by atoms with E-state index < -0.39 is 0 Å². The number of nitrogens with zero attached hydrogens (tertiary/aromatic N) is 1. The highest BCUT2D eigenvalue weighted by molar-refractivity contribution is 5.88. The van der Waals surface area contributed by atoms with Crippen LogP contribution in [0.15, 0.2) is 29.8 Å². The van der Waals surface area contributed by atoms with E-state index in [9.17, 15) is 0 Å². The van der Waals surface area contributed by atoms with Crippen LogP contribution in [0, 0.1) is 0 Å². The van der Waals surface area contributed by atoms with Gasteiger partial charge in [-0.05, 0) is 44.9 Å². The van der Waals surface area contributed by atoms with Crippen LogP contribution in [0.5, 0.6) is 0 Å². The molecule has 1 aromatic rings. The van der Waals surface area contributed by atoms with E-state index in [0.717, 1.165) is 34.8 Å². The summed E-state index contributed by atoms with van der Waals surface area (Å²) in [6.45, 7) is 13.4. The maximum atomic E-state index is 4.61. The lowest BCUT2D eigenvalue weighted by Crippen LogP contribution is -2.04. The van der Waals surface area contributed by atoms with Crippen molar-refractivity contribution in [3.63, 3.8) is 0 Å². The molecule has 110 valence electrons. The van der Waals surface area contributed by atoms with E-state index in [1.165, 1.54) is 25.7 Å². The molecule has 0 heterocycles. The molecular weight excluding hydrogens is 244 g/mol. The first-order chi connectivity index (χ1) is 9.56. The molecule has 0 aliphatic carbocycles. The van der Waals surface area contributed by atoms with Gasteiger partial charge in [-0.15, -0.1) is 0 Å². The molecular formula is C18H28N2. The topological polar surface area (TPSA) is 24.4 Å². The van der Waals surface area contributed by atoms with Crippen molar-refractivity contribution >= 4 is 22.7 Å². The third-order valence-corrected chi connectivity index (χ3v) is 3.16. The maximum Gasteiger partial charge on any atom is 0.0724 e. The van der Waals surface area contributed by atoms with Gasteiger partial charge in [0, 0.05) is 23.5 Å². The molecule has 2 heteroatoms. The van der Waals surface area contributed by atoms with Gasteiger partial charge < -0.3 is 5.32 Å². The summed E-state index contributed by atoms with van der Waals surface area (Å²) < 4.78 is 0. The standard InChI is InChI=1S/C18H28N2/c1-6-7-8-9-13-19-16-11-10-12-17(20-15(4)5)18(16)14(2)3/h10-12,19H,2,6-9,13H2,1,3-5H3. The molecule has 0 saturated carbocycles. The van der Waals surface area contributed by atoms with Gasteiger partial charge >= 0.3 is 0 Å². The largest absolute Gasteiger partial charge is 0.384 e. The number of rotatable bonds is 8. The van der Waals surface area contributed by atoms with E-state index in [2.05, 4.69) is 42.0 Å². The number of hydrogen-bond acceptors (Lipinski definition) is 2. The zero-order chi connectivity index (χ0) is 15.0. The Morgan fingerprint density at radius 3 is 2.50 bits per heavy atom. The van der Waals surface area contributed by atoms with Gasteiger partial charge in [0.2, 0.25) is 0 Å². The molecule has 0 atom stereocenters. The third kappa shape index (κ3) is 5.20. The number of hydrogen-bond donors (Lipinski definition) is 1. The average Bonchev–Trinajstić information content (AvgIpc) is 2.37. The smallest absolute Gasteiger partial charge is 0.0724 e. The normalized spacial score (nSPS) is 10.2. The van der Waals surface area contributed by atoms with Crippen molar-refractivity contribution in [2.75, 3.05) is 11.9 Å². The van der Waals surface area contributed by atoms with E-state index in [4.69, 9.17) is 0 Å². The first kappa shape index (κ1) is 16.5. The molecule has 0 amide bonds. The summed E-state index contributed by atoms with van der Waals surface area (Å²) in [6.07, 6.45) is 5.09. The molecule has 0 bridgehead atoms. The minimum Gasteiger partial charge on any atom is -0.384 e. The van der Waals surface area contributed by atoms with Gasteiger partial charge in [-0.3, -0.25) is 4.99 Å². The summed E-state index contributed by atoms with van der Waals surface area (Å²) in [4.78, 5) is 4.61. The summed E-state index contributed by atoms with van der Waals surface area (Å²) >= 11 is 0. The van der Waals surface area contributed by atoms with Gasteiger partial charge in [-0.25, -0.2) is 0 Å². The number of allylic oxidation sites excluding steroid dienone is 1. The molecule has 0 saturated heterocycles. The molecule has 0 unspecified atom stereocenters. The summed E-state index contributed by atoms with van der Waals surface area (Å²) in [6, 6.07) is 6.23. The molecule has 2 nitrogen and oxygen atoms in total. The second-order valence-corrected chi connectivity index (χ2v) is 5.53. The van der Waals surface area contributed by atoms with Gasteiger partial charge in [0.15, 0.2) is 0 Å². The number of aliphatic imine (C=N–C) groups is 1. The lowest BCUT2D eigenvalue weighted by Gasteiger charge is -2.14. The Bertz CT molecular complexity index is 468. The Balaban J connectivity index is 2.84. The van der Waals surface area contributed by atoms with E-state index in [1.807, 2.05) is 20.8 Å². The van der Waals surface area contributed by atoms with Crippen LogP contribution in [0.4, 0.5) is 11.4 Å². The summed E-state index contributed by atoms with van der Waals surface area (Å²) in [5.41, 5.74) is 5.42. The highest BCUT2D eigenvalue weighted by atomic mass is 14.9. The van der Waals surface area contributed by atoms with Gasteiger partial charge in [0.1, 0.15) is 0 Å². The second kappa shape index (κ2) is 8.57. The van der Waals surface area contributed by atoms with Crippen LogP contribution in [0.3, 0.4) is 0 Å². The Labute approximate surface area is 124 Å². The van der Waals surface area contributed by atoms with Crippen molar-refractivity contribution in [2.24, 2.45) is 4.99 Å². The minimum atomic E-state index is 1.01. The van der Waals surface area contributed by atoms with Gasteiger partial charge in [-0.2, -0.15) is 0 Å². The van der Waals surface area contributed by atoms with Crippen LogP contribution in [0.1, 0.15) is 58.9 Å². The second-order valence-electron chi connectivity index (χ2n) is 5.53. The monoisotopic (exact) mass is 272 g/mol. The van der Waals surface area contributed by atoms with E-state index in [1.54, 1.807) is 0 Å². The zero-order valence-corrected chi connectivity index (χ0v) is 13.4. The number of unbranched alkanes of at least 4 members (excludes halogenated alkanes) is 3. The first-order valence-corrected chi connectivity index (χ1v) is 7.61. The lowest BCUT2D eigenvalue weighted by atomic mass is 10.0. The van der Waals surface area contributed by atoms with Crippen molar-refractivity contribution < 1.29 is 0 Å². The molecule has 0 spiro atoms. The Morgan fingerprint density at radius 1 is 1.15 bits per heavy atom. The van der Waals surface area contributed by atoms with E-state index >= 15 is 0 Å². The van der Waals surface area contributed by atoms with Crippen molar-refractivity contribution in [3.8, 4) is 0 Å². The van der Waals surface area contributed by atoms with Crippen molar-refractivity contribution in [2.45, 2.75) is 53.4 Å². The highest BCUT2D eigenvalue weighted by Gasteiger charge is 2.08. The Hall–Kier alpha value is -1.57. The molecule has 1 N–H and O–H groups in total. The lowest BCUT2D eigenvalue weighted by molar-refractivity contribution is 0.685. The van der Waals surface area contributed by atoms with Crippen LogP contribution in [0.25, 0.3) is 5.57 Å². The van der Waals surface area contributed by atoms with Gasteiger partial charge in [-0.1, -0.05) is 38.8 Å². The predicted octanol–water partition coefficient (Wildman–Crippen LogP) is 5.82. The van der Waals surface area contributed by atoms with Crippen molar-refractivity contribution in [3.05, 3.63) is 30.3 Å². The molecule has 0 fully saturated rings. The van der Waals surface area contributed by atoms with Crippen LogP contribution in [-0.2, 0) is 0 Å². The molecule has 0 aliphatic rings. The molecule has 1 aromatic carbocycles. The summed E-state index contributed by atoms with van der Waals surface area (Å²) in [7, 11) is 0. The first-order valence-electron chi connectivity index (χ1n) is 7.61. The van der Waals surface area contributed by atoms with Gasteiger partial charge in [0.05, 0.1) is 5.69 Å². The molecule has 0 aliphatic heterocycles. The minimum absolute atomic E-state index is 1.01. The zero-order valence-electron chi connectivity index (χ0n) is 13.4. The van der Waals surface area contributed by atoms with Crippen molar-refractivity contribution in [1.29, 1.82) is 0 Å². The van der Waals surface area contributed by atoms with Gasteiger partial charge in [0.25, 0.3) is 0 Å². The number of nitrogens with one attached hydrogen (secondary N) is 1. The molecule has 1 rings (SSSR count). The fourth-order valence-corrected chi connectivity index (χ4v) is 2.24. The fourth-order valence-electron chi connectivity index (χ4n) is 2.24. The van der Waals surface area contributed by atoms with Crippen LogP contribution < -0.4 is 5.32 Å². The number of anilines is 1. The summed E-state index contributed by atoms with van der Waals surface area (Å²) in [5.74, 6) is 0. The number of benzene rings is 1. The van der Waals surface area contributed by atoms with Crippen LogP contribution in [-0.4, -0.2) is 12.3 Å². The fraction of sp³-hybridized carbons (Fsp3) is 0.500. The van der Waals surface area contributed by atoms with E-state index in [-0.39, 0.29) is 0 Å². The van der Waals surface area contributed by atoms with E-state index in [0.29, 0.717) is 0 Å². The van der Waals surface area contributed by atoms with Crippen LogP contribution >= 0.6 is 0 Å². The Morgan fingerprint density at radius 2 is 1.90 bits per heavy atom. The molecule has 0 radical (unpaired) electrons. The van der Waals surface area contributed by atoms with Crippen molar-refractivity contribution in [1.82, 2.24) is 0 Å². The quantitative estimate of drug-likeness (QED) is 0.467. The maximum absolute atomic E-state index is 4.61. The third-order valence-electron chi connectivity index (χ3n) is 3.16. The average molecular weight is 272 g/mol. The SMILES string of the molecule is C=C(C)c1c(N=C(C)C)cccc1NCCCCCC. The molecule has 0 aromatic heterocycles. The predicted molar refractivity (Wildman–Crippen MR) is 92.2 cm³/mol. The highest BCUT2D eigenvalue weighted by Crippen LogP contribution is 2.32. The Kier molecular flexibility index (Phi) is 7.06. The molecule has 20 heavy (non-hydrogen) atoms. The summed E-state index contributed by atoms with van der Waals surface area (Å²) in [5, 5.41) is 3.54.